The van der Waals surface area contributed by atoms with Crippen molar-refractivity contribution in [2.24, 2.45) is 40.4 Å². The number of hydrogen-bond donors (Lipinski definition) is 4. The van der Waals surface area contributed by atoms with E-state index in [1.54, 1.807) is 0 Å². The standard InChI is InChI=1S/C22H34O5/c1-6-15-11(2)9-21-12(3)7-16-17(20(16,4)5)14(19(21)25)8-13(10-23)18(24)22(15,21)27-26/h8-9,12,14-19,23-26H,6-7,10H2,1-5H3/t12-,14+,15+,16-,17+,18-,19?,21+,22-/m1/s1. The Kier molecular flexibility index (Phi) is 4.28. The highest BCUT2D eigenvalue weighted by molar-refractivity contribution is 5.42. The molecule has 4 N–H and O–H groups in total. The van der Waals surface area contributed by atoms with E-state index in [9.17, 15) is 20.6 Å². The maximum atomic E-state index is 11.8. The van der Waals surface area contributed by atoms with Crippen molar-refractivity contribution in [3.8, 4) is 0 Å². The van der Waals surface area contributed by atoms with E-state index in [0.717, 1.165) is 12.0 Å². The van der Waals surface area contributed by atoms with Gasteiger partial charge in [0.05, 0.1) is 18.1 Å². The van der Waals surface area contributed by atoms with Crippen LogP contribution in [-0.4, -0.2) is 45.0 Å². The van der Waals surface area contributed by atoms with Crippen molar-refractivity contribution in [2.75, 3.05) is 6.61 Å². The van der Waals surface area contributed by atoms with Gasteiger partial charge in [0.1, 0.15) is 6.10 Å². The normalized spacial score (nSPS) is 52.9. The molecule has 4 aliphatic rings. The molecule has 0 heterocycles. The number of fused-ring (bicyclic) bond motifs is 3. The molecule has 152 valence electrons. The lowest BCUT2D eigenvalue weighted by Crippen LogP contribution is -2.65. The van der Waals surface area contributed by atoms with E-state index >= 15 is 0 Å². The van der Waals surface area contributed by atoms with Crippen LogP contribution in [0.15, 0.2) is 23.3 Å². The van der Waals surface area contributed by atoms with Gasteiger partial charge in [0, 0.05) is 11.8 Å². The van der Waals surface area contributed by atoms with Crippen molar-refractivity contribution in [3.63, 3.8) is 0 Å². The molecule has 4 aliphatic carbocycles. The third kappa shape index (κ3) is 2.02. The molecular formula is C22H34O5. The minimum atomic E-state index is -1.38. The van der Waals surface area contributed by atoms with E-state index in [1.165, 1.54) is 0 Å². The van der Waals surface area contributed by atoms with E-state index in [-0.39, 0.29) is 29.8 Å². The molecule has 0 saturated heterocycles. The maximum Gasteiger partial charge on any atom is 0.151 e. The molecule has 5 nitrogen and oxygen atoms in total. The summed E-state index contributed by atoms with van der Waals surface area (Å²) in [7, 11) is 0. The Morgan fingerprint density at radius 3 is 2.48 bits per heavy atom. The fourth-order valence-electron chi connectivity index (χ4n) is 7.65. The van der Waals surface area contributed by atoms with Crippen LogP contribution in [0.1, 0.15) is 47.5 Å². The smallest absolute Gasteiger partial charge is 0.151 e. The van der Waals surface area contributed by atoms with Gasteiger partial charge in [-0.2, -0.15) is 0 Å². The fourth-order valence-corrected chi connectivity index (χ4v) is 7.65. The molecule has 9 atom stereocenters. The largest absolute Gasteiger partial charge is 0.392 e. The van der Waals surface area contributed by atoms with Gasteiger partial charge in [-0.25, -0.2) is 4.89 Å². The fraction of sp³-hybridized carbons (Fsp3) is 0.818. The predicted octanol–water partition coefficient (Wildman–Crippen LogP) is 2.77. The Morgan fingerprint density at radius 2 is 1.93 bits per heavy atom. The summed E-state index contributed by atoms with van der Waals surface area (Å²) in [5, 5.41) is 43.6. The summed E-state index contributed by atoms with van der Waals surface area (Å²) in [6.07, 6.45) is 3.59. The van der Waals surface area contributed by atoms with Gasteiger partial charge in [-0.3, -0.25) is 5.26 Å². The molecular weight excluding hydrogens is 344 g/mol. The first kappa shape index (κ1) is 19.6. The zero-order valence-corrected chi connectivity index (χ0v) is 17.0. The summed E-state index contributed by atoms with van der Waals surface area (Å²) in [4.78, 5) is 5.26. The van der Waals surface area contributed by atoms with Crippen LogP contribution in [0.3, 0.4) is 0 Å². The van der Waals surface area contributed by atoms with Crippen molar-refractivity contribution in [3.05, 3.63) is 23.3 Å². The van der Waals surface area contributed by atoms with Crippen LogP contribution < -0.4 is 0 Å². The zero-order valence-electron chi connectivity index (χ0n) is 17.0. The molecule has 0 radical (unpaired) electrons. The van der Waals surface area contributed by atoms with Gasteiger partial charge in [-0.15, -0.1) is 0 Å². The van der Waals surface area contributed by atoms with Crippen LogP contribution in [0.4, 0.5) is 0 Å². The highest BCUT2D eigenvalue weighted by atomic mass is 17.1. The van der Waals surface area contributed by atoms with Crippen LogP contribution in [0, 0.1) is 40.4 Å². The van der Waals surface area contributed by atoms with Gasteiger partial charge < -0.3 is 15.3 Å². The minimum Gasteiger partial charge on any atom is -0.392 e. The molecule has 1 spiro atoms. The summed E-state index contributed by atoms with van der Waals surface area (Å²) in [5.74, 6) is 0.386. The van der Waals surface area contributed by atoms with Crippen LogP contribution in [-0.2, 0) is 4.89 Å². The van der Waals surface area contributed by atoms with Gasteiger partial charge in [0.25, 0.3) is 0 Å². The SMILES string of the molecule is CC[C@H]1C(C)=C[C@]23C(O)[C@@H](C=C(CO)[C@@H](O)[C@]12OO)[C@H]1[C@@H](C[C@H]3C)C1(C)C. The van der Waals surface area contributed by atoms with Gasteiger partial charge in [0.2, 0.25) is 0 Å². The van der Waals surface area contributed by atoms with Crippen molar-refractivity contribution in [2.45, 2.75) is 65.3 Å². The molecule has 0 aromatic heterocycles. The molecule has 2 saturated carbocycles. The number of rotatable bonds is 3. The first-order valence-electron chi connectivity index (χ1n) is 10.3. The average Bonchev–Trinajstić information content (AvgIpc) is 3.08. The molecule has 0 aromatic carbocycles. The Hall–Kier alpha value is -0.720. The lowest BCUT2D eigenvalue weighted by atomic mass is 9.56. The van der Waals surface area contributed by atoms with Crippen LogP contribution in [0.5, 0.6) is 0 Å². The molecule has 0 amide bonds. The molecule has 27 heavy (non-hydrogen) atoms. The third-order valence-corrected chi connectivity index (χ3v) is 8.95. The van der Waals surface area contributed by atoms with Crippen molar-refractivity contribution >= 4 is 0 Å². The molecule has 2 fully saturated rings. The van der Waals surface area contributed by atoms with Gasteiger partial charge in [-0.05, 0) is 48.5 Å². The minimum absolute atomic E-state index is 0.0199. The van der Waals surface area contributed by atoms with E-state index in [2.05, 4.69) is 26.8 Å². The predicted molar refractivity (Wildman–Crippen MR) is 102 cm³/mol. The molecule has 4 rings (SSSR count). The van der Waals surface area contributed by atoms with Crippen LogP contribution >= 0.6 is 0 Å². The second kappa shape index (κ2) is 5.90. The van der Waals surface area contributed by atoms with Gasteiger partial charge in [0.15, 0.2) is 5.60 Å². The monoisotopic (exact) mass is 378 g/mol. The highest BCUT2D eigenvalue weighted by Gasteiger charge is 2.76. The lowest BCUT2D eigenvalue weighted by Gasteiger charge is -2.53. The van der Waals surface area contributed by atoms with Crippen LogP contribution in [0.25, 0.3) is 0 Å². The van der Waals surface area contributed by atoms with E-state index in [1.807, 2.05) is 19.9 Å². The number of aliphatic hydroxyl groups excluding tert-OH is 3. The van der Waals surface area contributed by atoms with Gasteiger partial charge in [-0.1, -0.05) is 45.4 Å². The molecule has 0 aliphatic heterocycles. The van der Waals surface area contributed by atoms with E-state index in [0.29, 0.717) is 23.8 Å². The quantitative estimate of drug-likeness (QED) is 0.344. The summed E-state index contributed by atoms with van der Waals surface area (Å²) >= 11 is 0. The summed E-state index contributed by atoms with van der Waals surface area (Å²) in [6, 6.07) is 0. The first-order chi connectivity index (χ1) is 12.6. The Labute approximate surface area is 161 Å². The summed E-state index contributed by atoms with van der Waals surface area (Å²) in [6.45, 7) is 10.3. The zero-order chi connectivity index (χ0) is 19.9. The van der Waals surface area contributed by atoms with E-state index in [4.69, 9.17) is 4.89 Å². The Balaban J connectivity index is 2.00. The number of hydrogen-bond acceptors (Lipinski definition) is 5. The molecule has 0 aromatic rings. The molecule has 5 heteroatoms. The topological polar surface area (TPSA) is 90.2 Å². The van der Waals surface area contributed by atoms with Crippen LogP contribution in [0.2, 0.25) is 0 Å². The second-order valence-electron chi connectivity index (χ2n) is 10.1. The van der Waals surface area contributed by atoms with Crippen molar-refractivity contribution < 1.29 is 25.5 Å². The summed E-state index contributed by atoms with van der Waals surface area (Å²) in [5.41, 5.74) is -0.670. The lowest BCUT2D eigenvalue weighted by molar-refractivity contribution is -0.388. The van der Waals surface area contributed by atoms with Crippen molar-refractivity contribution in [1.29, 1.82) is 0 Å². The first-order valence-corrected chi connectivity index (χ1v) is 10.3. The third-order valence-electron chi connectivity index (χ3n) is 8.95. The molecule has 2 bridgehead atoms. The maximum absolute atomic E-state index is 11.8. The summed E-state index contributed by atoms with van der Waals surface area (Å²) < 4.78 is 0. The number of aliphatic hydroxyl groups is 3. The van der Waals surface area contributed by atoms with Crippen molar-refractivity contribution in [1.82, 2.24) is 0 Å². The Morgan fingerprint density at radius 1 is 1.26 bits per heavy atom. The second-order valence-corrected chi connectivity index (χ2v) is 10.1. The van der Waals surface area contributed by atoms with E-state index < -0.39 is 23.2 Å². The van der Waals surface area contributed by atoms with Gasteiger partial charge >= 0.3 is 0 Å². The molecule has 1 unspecified atom stereocenters. The average molecular weight is 379 g/mol. The Bertz CT molecular complexity index is 697. The highest BCUT2D eigenvalue weighted by Crippen LogP contribution is 2.73.